The zero-order valence-electron chi connectivity index (χ0n) is 12.6. The summed E-state index contributed by atoms with van der Waals surface area (Å²) >= 11 is 24.8. The highest BCUT2D eigenvalue weighted by Crippen LogP contribution is 2.35. The Labute approximate surface area is 151 Å². The Morgan fingerprint density at radius 1 is 0.955 bits per heavy atom. The van der Waals surface area contributed by atoms with Gasteiger partial charge in [-0.15, -0.1) is 0 Å². The summed E-state index contributed by atoms with van der Waals surface area (Å²) in [5.74, 6) is 0.518. The van der Waals surface area contributed by atoms with Crippen molar-refractivity contribution < 1.29 is 0 Å². The van der Waals surface area contributed by atoms with E-state index in [9.17, 15) is 0 Å². The summed E-state index contributed by atoms with van der Waals surface area (Å²) in [6.07, 6.45) is 2.48. The summed E-state index contributed by atoms with van der Waals surface area (Å²) < 4.78 is 0. The summed E-state index contributed by atoms with van der Waals surface area (Å²) in [7, 11) is 0. The SMILES string of the molecule is CC(C)c1cc(CC(C)c2ccnc(Cl)c2Cl)cc(Cl)c1Cl. The van der Waals surface area contributed by atoms with Crippen molar-refractivity contribution >= 4 is 46.4 Å². The van der Waals surface area contributed by atoms with E-state index in [2.05, 4.69) is 31.8 Å². The highest BCUT2D eigenvalue weighted by Gasteiger charge is 2.16. The minimum absolute atomic E-state index is 0.199. The third kappa shape index (κ3) is 3.89. The molecular weight excluding hydrogens is 360 g/mol. The van der Waals surface area contributed by atoms with Crippen molar-refractivity contribution in [2.75, 3.05) is 0 Å². The van der Waals surface area contributed by atoms with Crippen LogP contribution in [-0.4, -0.2) is 4.98 Å². The molecule has 0 aliphatic rings. The number of pyridine rings is 1. The number of rotatable bonds is 4. The molecule has 2 aromatic rings. The molecule has 0 radical (unpaired) electrons. The number of halogens is 4. The van der Waals surface area contributed by atoms with Crippen LogP contribution in [0.15, 0.2) is 24.4 Å². The fourth-order valence-electron chi connectivity index (χ4n) is 2.48. The summed E-state index contributed by atoms with van der Waals surface area (Å²) in [6, 6.07) is 5.94. The molecule has 0 saturated heterocycles. The Kier molecular flexibility index (Phi) is 6.01. The molecule has 1 aromatic heterocycles. The van der Waals surface area contributed by atoms with E-state index in [1.165, 1.54) is 0 Å². The van der Waals surface area contributed by atoms with E-state index in [0.717, 1.165) is 23.1 Å². The van der Waals surface area contributed by atoms with Crippen LogP contribution in [0.5, 0.6) is 0 Å². The van der Waals surface area contributed by atoms with Gasteiger partial charge in [0.2, 0.25) is 0 Å². The summed E-state index contributed by atoms with van der Waals surface area (Å²) in [5.41, 5.74) is 3.18. The first-order valence-corrected chi connectivity index (χ1v) is 8.60. The van der Waals surface area contributed by atoms with Gasteiger partial charge in [-0.3, -0.25) is 0 Å². The molecule has 1 heterocycles. The molecule has 5 heteroatoms. The van der Waals surface area contributed by atoms with Gasteiger partial charge in [0.15, 0.2) is 0 Å². The number of aromatic nitrogens is 1. The quantitative estimate of drug-likeness (QED) is 0.515. The summed E-state index contributed by atoms with van der Waals surface area (Å²) in [6.45, 7) is 6.31. The number of hydrogen-bond acceptors (Lipinski definition) is 1. The predicted molar refractivity (Wildman–Crippen MR) is 96.9 cm³/mol. The normalized spacial score (nSPS) is 12.7. The molecule has 0 aliphatic carbocycles. The standard InChI is InChI=1S/C17H17Cl4N/c1-9(2)13-7-11(8-14(18)15(13)19)6-10(3)12-4-5-22-17(21)16(12)20/h4-5,7-10H,6H2,1-3H3. The molecule has 0 spiro atoms. The molecule has 0 fully saturated rings. The van der Waals surface area contributed by atoms with Crippen LogP contribution in [0.25, 0.3) is 0 Å². The highest BCUT2D eigenvalue weighted by molar-refractivity contribution is 6.42. The van der Waals surface area contributed by atoms with Gasteiger partial charge in [-0.25, -0.2) is 4.98 Å². The second-order valence-corrected chi connectivity index (χ2v) is 7.27. The topological polar surface area (TPSA) is 12.9 Å². The van der Waals surface area contributed by atoms with Crippen LogP contribution < -0.4 is 0 Å². The van der Waals surface area contributed by atoms with Gasteiger partial charge in [0.1, 0.15) is 5.15 Å². The van der Waals surface area contributed by atoms with Crippen LogP contribution in [0.2, 0.25) is 20.2 Å². The molecule has 0 bridgehead atoms. The van der Waals surface area contributed by atoms with Crippen molar-refractivity contribution in [1.82, 2.24) is 4.98 Å². The molecule has 0 saturated carbocycles. The first kappa shape index (κ1) is 17.9. The lowest BCUT2D eigenvalue weighted by atomic mass is 9.92. The minimum Gasteiger partial charge on any atom is -0.243 e. The fraction of sp³-hybridized carbons (Fsp3) is 0.353. The molecule has 0 N–H and O–H groups in total. The van der Waals surface area contributed by atoms with Crippen molar-refractivity contribution in [2.24, 2.45) is 0 Å². The van der Waals surface area contributed by atoms with E-state index in [4.69, 9.17) is 46.4 Å². The monoisotopic (exact) mass is 375 g/mol. The molecule has 118 valence electrons. The summed E-state index contributed by atoms with van der Waals surface area (Å²) in [4.78, 5) is 3.99. The molecule has 2 rings (SSSR count). The van der Waals surface area contributed by atoms with Crippen molar-refractivity contribution in [3.63, 3.8) is 0 Å². The Bertz CT molecular complexity index is 683. The van der Waals surface area contributed by atoms with E-state index in [1.807, 2.05) is 12.1 Å². The number of hydrogen-bond donors (Lipinski definition) is 0. The second kappa shape index (κ2) is 7.40. The third-order valence-electron chi connectivity index (χ3n) is 3.69. The number of nitrogens with zero attached hydrogens (tertiary/aromatic N) is 1. The van der Waals surface area contributed by atoms with Gasteiger partial charge >= 0.3 is 0 Å². The van der Waals surface area contributed by atoms with Gasteiger partial charge < -0.3 is 0 Å². The molecule has 0 amide bonds. The van der Waals surface area contributed by atoms with Crippen molar-refractivity contribution in [3.8, 4) is 0 Å². The smallest absolute Gasteiger partial charge is 0.147 e. The van der Waals surface area contributed by atoms with Gasteiger partial charge in [0, 0.05) is 6.20 Å². The van der Waals surface area contributed by atoms with Gasteiger partial charge in [-0.1, -0.05) is 73.2 Å². The van der Waals surface area contributed by atoms with Gasteiger partial charge in [0.25, 0.3) is 0 Å². The van der Waals surface area contributed by atoms with Crippen LogP contribution >= 0.6 is 46.4 Å². The highest BCUT2D eigenvalue weighted by atomic mass is 35.5. The Balaban J connectivity index is 2.32. The Hall–Kier alpha value is -0.470. The van der Waals surface area contributed by atoms with Crippen molar-refractivity contribution in [1.29, 1.82) is 0 Å². The maximum atomic E-state index is 6.28. The second-order valence-electron chi connectivity index (χ2n) is 5.75. The van der Waals surface area contributed by atoms with E-state index in [1.54, 1.807) is 6.20 Å². The van der Waals surface area contributed by atoms with E-state index >= 15 is 0 Å². The third-order valence-corrected chi connectivity index (χ3v) is 5.28. The fourth-order valence-corrected chi connectivity index (χ4v) is 3.52. The number of benzene rings is 1. The molecule has 1 atom stereocenters. The van der Waals surface area contributed by atoms with Crippen LogP contribution in [0.4, 0.5) is 0 Å². The van der Waals surface area contributed by atoms with E-state index in [-0.39, 0.29) is 5.92 Å². The van der Waals surface area contributed by atoms with Crippen LogP contribution in [0.3, 0.4) is 0 Å². The molecule has 0 aliphatic heterocycles. The van der Waals surface area contributed by atoms with Crippen LogP contribution in [0.1, 0.15) is 49.3 Å². The maximum Gasteiger partial charge on any atom is 0.147 e. The lowest BCUT2D eigenvalue weighted by molar-refractivity contribution is 0.754. The maximum absolute atomic E-state index is 6.28. The van der Waals surface area contributed by atoms with Gasteiger partial charge in [0.05, 0.1) is 15.1 Å². The van der Waals surface area contributed by atoms with Gasteiger partial charge in [-0.05, 0) is 47.1 Å². The lowest BCUT2D eigenvalue weighted by Crippen LogP contribution is -2.02. The average Bonchev–Trinajstić information content (AvgIpc) is 2.45. The molecule has 1 aromatic carbocycles. The van der Waals surface area contributed by atoms with Crippen LogP contribution in [0, 0.1) is 0 Å². The first-order chi connectivity index (χ1) is 10.3. The molecular formula is C17H17Cl4N. The van der Waals surface area contributed by atoms with Crippen molar-refractivity contribution in [2.45, 2.75) is 39.0 Å². The molecule has 1 nitrogen and oxygen atoms in total. The Morgan fingerprint density at radius 2 is 1.64 bits per heavy atom. The zero-order chi connectivity index (χ0) is 16.4. The lowest BCUT2D eigenvalue weighted by Gasteiger charge is -2.17. The van der Waals surface area contributed by atoms with Crippen LogP contribution in [-0.2, 0) is 6.42 Å². The molecule has 22 heavy (non-hydrogen) atoms. The Morgan fingerprint density at radius 3 is 2.27 bits per heavy atom. The first-order valence-electron chi connectivity index (χ1n) is 7.09. The zero-order valence-corrected chi connectivity index (χ0v) is 15.7. The minimum atomic E-state index is 0.199. The van der Waals surface area contributed by atoms with E-state index < -0.39 is 0 Å². The summed E-state index contributed by atoms with van der Waals surface area (Å²) in [5, 5.41) is 2.08. The van der Waals surface area contributed by atoms with E-state index in [0.29, 0.717) is 26.1 Å². The average molecular weight is 377 g/mol. The molecule has 1 unspecified atom stereocenters. The van der Waals surface area contributed by atoms with Crippen molar-refractivity contribution in [3.05, 3.63) is 61.3 Å². The van der Waals surface area contributed by atoms with Gasteiger partial charge in [-0.2, -0.15) is 0 Å². The largest absolute Gasteiger partial charge is 0.243 e. The predicted octanol–water partition coefficient (Wildman–Crippen LogP) is 7.16.